The average Bonchev–Trinajstić information content (AvgIpc) is 3.42. The Balaban J connectivity index is 1.54. The maximum Gasteiger partial charge on any atom is 0.192 e. The van der Waals surface area contributed by atoms with E-state index in [1.54, 1.807) is 11.3 Å². The van der Waals surface area contributed by atoms with E-state index in [1.165, 1.54) is 23.9 Å². The van der Waals surface area contributed by atoms with Crippen molar-refractivity contribution in [2.75, 3.05) is 12.4 Å². The van der Waals surface area contributed by atoms with E-state index < -0.39 is 0 Å². The van der Waals surface area contributed by atoms with Crippen LogP contribution < -0.4 is 0 Å². The largest absolute Gasteiger partial charge is 0.508 e. The summed E-state index contributed by atoms with van der Waals surface area (Å²) in [4.78, 5) is 13.5. The summed E-state index contributed by atoms with van der Waals surface area (Å²) in [5, 5.41) is 30.5. The van der Waals surface area contributed by atoms with Crippen molar-refractivity contribution in [1.29, 1.82) is 0 Å². The SMILES string of the molecule is O=C(CSc1nnc(-c2cccs2)n1C[C@@H]1CCCO1)c1ccc(O)cc1O. The minimum absolute atomic E-state index is 0.0846. The zero-order chi connectivity index (χ0) is 19.5. The van der Waals surface area contributed by atoms with Gasteiger partial charge in [0, 0.05) is 12.7 Å². The van der Waals surface area contributed by atoms with Crippen LogP contribution in [0.15, 0.2) is 40.9 Å². The molecule has 1 saturated heterocycles. The van der Waals surface area contributed by atoms with Crippen LogP contribution in [0.5, 0.6) is 11.5 Å². The van der Waals surface area contributed by atoms with Gasteiger partial charge in [-0.3, -0.25) is 9.36 Å². The van der Waals surface area contributed by atoms with E-state index >= 15 is 0 Å². The zero-order valence-electron chi connectivity index (χ0n) is 14.9. The Morgan fingerprint density at radius 1 is 1.32 bits per heavy atom. The molecule has 3 aromatic rings. The number of Topliss-reactive ketones (excluding diaryl/α,β-unsaturated/α-hetero) is 1. The minimum atomic E-state index is -0.244. The Hall–Kier alpha value is -2.36. The number of hydrogen-bond donors (Lipinski definition) is 2. The number of thioether (sulfide) groups is 1. The lowest BCUT2D eigenvalue weighted by molar-refractivity contribution is 0.0953. The molecule has 7 nitrogen and oxygen atoms in total. The van der Waals surface area contributed by atoms with Crippen LogP contribution in [0.25, 0.3) is 10.7 Å². The van der Waals surface area contributed by atoms with Gasteiger partial charge in [0.1, 0.15) is 11.5 Å². The molecular weight excluding hydrogens is 398 g/mol. The summed E-state index contributed by atoms with van der Waals surface area (Å²) in [6, 6.07) is 7.92. The number of ether oxygens (including phenoxy) is 1. The highest BCUT2D eigenvalue weighted by Crippen LogP contribution is 2.30. The number of aromatic hydroxyl groups is 2. The molecule has 1 aromatic carbocycles. The lowest BCUT2D eigenvalue weighted by atomic mass is 10.1. The summed E-state index contributed by atoms with van der Waals surface area (Å²) in [5.74, 6) is 0.316. The lowest BCUT2D eigenvalue weighted by Gasteiger charge is -2.14. The second kappa shape index (κ2) is 8.34. The molecule has 0 unspecified atom stereocenters. The highest BCUT2D eigenvalue weighted by atomic mass is 32.2. The van der Waals surface area contributed by atoms with Crippen LogP contribution in [0.4, 0.5) is 0 Å². The Morgan fingerprint density at radius 3 is 2.93 bits per heavy atom. The first-order chi connectivity index (χ1) is 13.6. The number of hydrogen-bond acceptors (Lipinski definition) is 8. The normalized spacial score (nSPS) is 16.5. The number of carbonyl (C=O) groups is 1. The lowest BCUT2D eigenvalue weighted by Crippen LogP contribution is -2.17. The van der Waals surface area contributed by atoms with Gasteiger partial charge in [0.2, 0.25) is 0 Å². The van der Waals surface area contributed by atoms with Crippen LogP contribution in [0.2, 0.25) is 0 Å². The highest BCUT2D eigenvalue weighted by molar-refractivity contribution is 7.99. The van der Waals surface area contributed by atoms with Crippen molar-refractivity contribution in [2.24, 2.45) is 0 Å². The van der Waals surface area contributed by atoms with E-state index in [9.17, 15) is 15.0 Å². The van der Waals surface area contributed by atoms with Crippen LogP contribution in [-0.4, -0.2) is 49.2 Å². The van der Waals surface area contributed by atoms with E-state index in [-0.39, 0.29) is 34.7 Å². The van der Waals surface area contributed by atoms with Crippen molar-refractivity contribution in [2.45, 2.75) is 30.6 Å². The van der Waals surface area contributed by atoms with Gasteiger partial charge in [0.05, 0.1) is 28.8 Å². The predicted octanol–water partition coefficient (Wildman–Crippen LogP) is 3.57. The van der Waals surface area contributed by atoms with E-state index in [4.69, 9.17) is 4.74 Å². The van der Waals surface area contributed by atoms with E-state index in [1.807, 2.05) is 22.1 Å². The van der Waals surface area contributed by atoms with Gasteiger partial charge in [-0.25, -0.2) is 0 Å². The summed E-state index contributed by atoms with van der Waals surface area (Å²) >= 11 is 2.87. The first-order valence-electron chi connectivity index (χ1n) is 8.88. The Labute approximate surface area is 170 Å². The summed E-state index contributed by atoms with van der Waals surface area (Å²) < 4.78 is 7.78. The van der Waals surface area contributed by atoms with Gasteiger partial charge in [0.15, 0.2) is 16.8 Å². The van der Waals surface area contributed by atoms with Gasteiger partial charge in [-0.15, -0.1) is 21.5 Å². The van der Waals surface area contributed by atoms with E-state index in [0.29, 0.717) is 11.7 Å². The molecule has 0 bridgehead atoms. The monoisotopic (exact) mass is 417 g/mol. The molecule has 2 aromatic heterocycles. The molecule has 0 spiro atoms. The summed E-state index contributed by atoms with van der Waals surface area (Å²) in [5.41, 5.74) is 0.175. The summed E-state index contributed by atoms with van der Waals surface area (Å²) in [7, 11) is 0. The van der Waals surface area contributed by atoms with Gasteiger partial charge >= 0.3 is 0 Å². The first-order valence-corrected chi connectivity index (χ1v) is 10.7. The van der Waals surface area contributed by atoms with Gasteiger partial charge < -0.3 is 14.9 Å². The smallest absolute Gasteiger partial charge is 0.192 e. The average molecular weight is 418 g/mol. The van der Waals surface area contributed by atoms with Gasteiger partial charge in [-0.1, -0.05) is 17.8 Å². The number of aromatic nitrogens is 3. The molecule has 0 saturated carbocycles. The van der Waals surface area contributed by atoms with Gasteiger partial charge in [-0.2, -0.15) is 0 Å². The molecule has 0 aliphatic carbocycles. The molecule has 3 heterocycles. The van der Waals surface area contributed by atoms with E-state index in [2.05, 4.69) is 10.2 Å². The number of ketones is 1. The fourth-order valence-corrected chi connectivity index (χ4v) is 4.65. The fraction of sp³-hybridized carbons (Fsp3) is 0.316. The molecule has 0 radical (unpaired) electrons. The summed E-state index contributed by atoms with van der Waals surface area (Å²) in [6.07, 6.45) is 2.15. The summed E-state index contributed by atoms with van der Waals surface area (Å²) in [6.45, 7) is 1.41. The van der Waals surface area contributed by atoms with Crippen molar-refractivity contribution in [3.8, 4) is 22.2 Å². The van der Waals surface area contributed by atoms with Crippen molar-refractivity contribution < 1.29 is 19.7 Å². The van der Waals surface area contributed by atoms with Crippen molar-refractivity contribution in [3.63, 3.8) is 0 Å². The fourth-order valence-electron chi connectivity index (χ4n) is 3.10. The molecule has 0 amide bonds. The van der Waals surface area contributed by atoms with Crippen molar-refractivity contribution >= 4 is 28.9 Å². The van der Waals surface area contributed by atoms with Crippen molar-refractivity contribution in [3.05, 3.63) is 41.3 Å². The third-order valence-corrected chi connectivity index (χ3v) is 6.32. The van der Waals surface area contributed by atoms with Crippen molar-refractivity contribution in [1.82, 2.24) is 14.8 Å². The Bertz CT molecular complexity index is 966. The number of phenols is 2. The molecular formula is C19H19N3O4S2. The molecule has 28 heavy (non-hydrogen) atoms. The second-order valence-corrected chi connectivity index (χ2v) is 8.33. The maximum absolute atomic E-state index is 12.5. The number of nitrogens with zero attached hydrogens (tertiary/aromatic N) is 3. The van der Waals surface area contributed by atoms with Crippen LogP contribution in [0.1, 0.15) is 23.2 Å². The molecule has 2 N–H and O–H groups in total. The molecule has 146 valence electrons. The molecule has 4 rings (SSSR count). The number of benzene rings is 1. The number of thiophene rings is 1. The highest BCUT2D eigenvalue weighted by Gasteiger charge is 2.23. The van der Waals surface area contributed by atoms with Gasteiger partial charge in [0.25, 0.3) is 0 Å². The third kappa shape index (κ3) is 4.06. The first kappa shape index (κ1) is 19.0. The standard InChI is InChI=1S/C19H19N3O4S2/c23-12-5-6-14(15(24)9-12)16(25)11-28-19-21-20-18(17-4-2-8-27-17)22(19)10-13-3-1-7-26-13/h2,4-6,8-9,13,23-24H,1,3,7,10-11H2/t13-/m0/s1. The number of phenolic OH excluding ortho intramolecular Hbond substituents is 2. The molecule has 1 aliphatic heterocycles. The Morgan fingerprint density at radius 2 is 2.21 bits per heavy atom. The Kier molecular flexibility index (Phi) is 5.65. The molecule has 9 heteroatoms. The van der Waals surface area contributed by atoms with Gasteiger partial charge in [-0.05, 0) is 36.4 Å². The molecule has 1 aliphatic rings. The third-order valence-electron chi connectivity index (χ3n) is 4.48. The molecule has 1 atom stereocenters. The molecule has 1 fully saturated rings. The van der Waals surface area contributed by atoms with Crippen LogP contribution in [0.3, 0.4) is 0 Å². The van der Waals surface area contributed by atoms with Crippen LogP contribution in [-0.2, 0) is 11.3 Å². The van der Waals surface area contributed by atoms with Crippen LogP contribution >= 0.6 is 23.1 Å². The minimum Gasteiger partial charge on any atom is -0.508 e. The maximum atomic E-state index is 12.5. The number of rotatable bonds is 7. The topological polar surface area (TPSA) is 97.5 Å². The van der Waals surface area contributed by atoms with Crippen LogP contribution in [0, 0.1) is 0 Å². The number of carbonyl (C=O) groups excluding carboxylic acids is 1. The second-order valence-electron chi connectivity index (χ2n) is 6.44. The zero-order valence-corrected chi connectivity index (χ0v) is 16.6. The quantitative estimate of drug-likeness (QED) is 0.448. The predicted molar refractivity (Wildman–Crippen MR) is 107 cm³/mol. The van der Waals surface area contributed by atoms with E-state index in [0.717, 1.165) is 36.2 Å².